The van der Waals surface area contributed by atoms with Gasteiger partial charge in [0, 0.05) is 18.2 Å². The summed E-state index contributed by atoms with van der Waals surface area (Å²) in [7, 11) is 0. The van der Waals surface area contributed by atoms with Gasteiger partial charge in [-0.1, -0.05) is 11.6 Å². The van der Waals surface area contributed by atoms with Gasteiger partial charge in [0.1, 0.15) is 13.2 Å². The maximum atomic E-state index is 10.4. The van der Waals surface area contributed by atoms with Crippen LogP contribution in [0, 0.1) is 0 Å². The average molecular weight is 313 g/mol. The molecule has 21 heavy (non-hydrogen) atoms. The number of halogens is 1. The van der Waals surface area contributed by atoms with Gasteiger partial charge >= 0.3 is 0 Å². The van der Waals surface area contributed by atoms with Crippen molar-refractivity contribution in [3.05, 3.63) is 22.7 Å². The summed E-state index contributed by atoms with van der Waals surface area (Å²) in [5.41, 5.74) is 0.705. The SMILES string of the molecule is OC(CCC1CCCCO1)c1cc2c(cc1Cl)OCCO2. The van der Waals surface area contributed by atoms with Crippen molar-refractivity contribution < 1.29 is 19.3 Å². The molecule has 1 aromatic rings. The molecular weight excluding hydrogens is 292 g/mol. The second-order valence-electron chi connectivity index (χ2n) is 5.60. The summed E-state index contributed by atoms with van der Waals surface area (Å²) in [6, 6.07) is 3.52. The van der Waals surface area contributed by atoms with Crippen molar-refractivity contribution >= 4 is 11.6 Å². The lowest BCUT2D eigenvalue weighted by molar-refractivity contribution is 0.00211. The van der Waals surface area contributed by atoms with E-state index in [0.717, 1.165) is 25.9 Å². The predicted octanol–water partition coefficient (Wildman–Crippen LogP) is 3.49. The van der Waals surface area contributed by atoms with E-state index in [1.807, 2.05) is 0 Å². The van der Waals surface area contributed by atoms with E-state index >= 15 is 0 Å². The number of aliphatic hydroxyl groups excluding tert-OH is 1. The van der Waals surface area contributed by atoms with Crippen molar-refractivity contribution in [1.82, 2.24) is 0 Å². The Bertz CT molecular complexity index is 485. The first kappa shape index (κ1) is 14.9. The van der Waals surface area contributed by atoms with Gasteiger partial charge < -0.3 is 19.3 Å². The molecule has 2 unspecified atom stereocenters. The van der Waals surface area contributed by atoms with Crippen molar-refractivity contribution in [2.45, 2.75) is 44.3 Å². The van der Waals surface area contributed by atoms with Crippen LogP contribution in [0.2, 0.25) is 5.02 Å². The molecule has 2 heterocycles. The summed E-state index contributed by atoms with van der Waals surface area (Å²) < 4.78 is 16.7. The van der Waals surface area contributed by atoms with E-state index in [-0.39, 0.29) is 6.10 Å². The van der Waals surface area contributed by atoms with Crippen LogP contribution in [0.4, 0.5) is 0 Å². The molecule has 4 nitrogen and oxygen atoms in total. The summed E-state index contributed by atoms with van der Waals surface area (Å²) in [6.45, 7) is 1.90. The fraction of sp³-hybridized carbons (Fsp3) is 0.625. The molecule has 2 aliphatic rings. The number of fused-ring (bicyclic) bond motifs is 1. The second-order valence-corrected chi connectivity index (χ2v) is 6.01. The van der Waals surface area contributed by atoms with Crippen molar-refractivity contribution in [2.75, 3.05) is 19.8 Å². The van der Waals surface area contributed by atoms with Gasteiger partial charge in [-0.25, -0.2) is 0 Å². The van der Waals surface area contributed by atoms with Crippen LogP contribution in [0.25, 0.3) is 0 Å². The van der Waals surface area contributed by atoms with Crippen molar-refractivity contribution in [3.8, 4) is 11.5 Å². The van der Waals surface area contributed by atoms with Crippen LogP contribution >= 0.6 is 11.6 Å². The Morgan fingerprint density at radius 3 is 2.62 bits per heavy atom. The highest BCUT2D eigenvalue weighted by Gasteiger charge is 2.21. The molecular formula is C16H21ClO4. The lowest BCUT2D eigenvalue weighted by Crippen LogP contribution is -2.20. The summed E-state index contributed by atoms with van der Waals surface area (Å²) in [4.78, 5) is 0. The molecule has 0 amide bonds. The molecule has 1 fully saturated rings. The summed E-state index contributed by atoms with van der Waals surface area (Å²) in [5, 5.41) is 10.9. The zero-order chi connectivity index (χ0) is 14.7. The highest BCUT2D eigenvalue weighted by atomic mass is 35.5. The zero-order valence-electron chi connectivity index (χ0n) is 12.0. The molecule has 2 atom stereocenters. The van der Waals surface area contributed by atoms with E-state index in [1.165, 1.54) is 6.42 Å². The molecule has 0 saturated carbocycles. The fourth-order valence-electron chi connectivity index (χ4n) is 2.87. The van der Waals surface area contributed by atoms with Gasteiger partial charge in [0.2, 0.25) is 0 Å². The number of benzene rings is 1. The van der Waals surface area contributed by atoms with Gasteiger partial charge in [0.05, 0.1) is 17.2 Å². The van der Waals surface area contributed by atoms with Crippen molar-refractivity contribution in [1.29, 1.82) is 0 Å². The van der Waals surface area contributed by atoms with E-state index in [0.29, 0.717) is 41.7 Å². The van der Waals surface area contributed by atoms with E-state index < -0.39 is 6.10 Å². The molecule has 1 aromatic carbocycles. The Kier molecular flexibility index (Phi) is 4.88. The normalized spacial score (nSPS) is 22.9. The molecule has 0 spiro atoms. The molecule has 0 aromatic heterocycles. The van der Waals surface area contributed by atoms with Crippen LogP contribution in [0.15, 0.2) is 12.1 Å². The fourth-order valence-corrected chi connectivity index (χ4v) is 3.15. The molecule has 3 rings (SSSR count). The highest BCUT2D eigenvalue weighted by molar-refractivity contribution is 6.31. The van der Waals surface area contributed by atoms with Crippen molar-refractivity contribution in [2.24, 2.45) is 0 Å². The van der Waals surface area contributed by atoms with Gasteiger partial charge in [-0.05, 0) is 38.2 Å². The molecule has 0 radical (unpaired) electrons. The maximum absolute atomic E-state index is 10.4. The van der Waals surface area contributed by atoms with Gasteiger partial charge in [-0.2, -0.15) is 0 Å². The largest absolute Gasteiger partial charge is 0.486 e. The van der Waals surface area contributed by atoms with Gasteiger partial charge in [-0.3, -0.25) is 0 Å². The third kappa shape index (κ3) is 3.62. The van der Waals surface area contributed by atoms with E-state index in [1.54, 1.807) is 12.1 Å². The van der Waals surface area contributed by atoms with Crippen LogP contribution in [-0.2, 0) is 4.74 Å². The lowest BCUT2D eigenvalue weighted by Gasteiger charge is -2.24. The summed E-state index contributed by atoms with van der Waals surface area (Å²) in [6.07, 6.45) is 4.61. The van der Waals surface area contributed by atoms with Crippen LogP contribution < -0.4 is 9.47 Å². The minimum absolute atomic E-state index is 0.268. The van der Waals surface area contributed by atoms with Gasteiger partial charge in [0.15, 0.2) is 11.5 Å². The first-order valence-corrected chi connectivity index (χ1v) is 8.00. The lowest BCUT2D eigenvalue weighted by atomic mass is 9.99. The summed E-state index contributed by atoms with van der Waals surface area (Å²) in [5.74, 6) is 1.31. The Morgan fingerprint density at radius 1 is 1.14 bits per heavy atom. The first-order valence-electron chi connectivity index (χ1n) is 7.63. The molecule has 2 aliphatic heterocycles. The maximum Gasteiger partial charge on any atom is 0.162 e. The predicted molar refractivity (Wildman–Crippen MR) is 80.2 cm³/mol. The molecule has 116 valence electrons. The van der Waals surface area contributed by atoms with E-state index in [4.69, 9.17) is 25.8 Å². The first-order chi connectivity index (χ1) is 10.2. The highest BCUT2D eigenvalue weighted by Crippen LogP contribution is 2.39. The standard InChI is InChI=1S/C16H21ClO4/c17-13-10-16-15(20-7-8-21-16)9-12(13)14(18)5-4-11-3-1-2-6-19-11/h9-11,14,18H,1-8H2. The summed E-state index contributed by atoms with van der Waals surface area (Å²) >= 11 is 6.25. The minimum Gasteiger partial charge on any atom is -0.486 e. The Hall–Kier alpha value is -0.970. The number of hydrogen-bond donors (Lipinski definition) is 1. The van der Waals surface area contributed by atoms with E-state index in [9.17, 15) is 5.11 Å². The minimum atomic E-state index is -0.598. The van der Waals surface area contributed by atoms with Crippen LogP contribution in [-0.4, -0.2) is 31.0 Å². The third-order valence-corrected chi connectivity index (χ3v) is 4.38. The molecule has 1 N–H and O–H groups in total. The zero-order valence-corrected chi connectivity index (χ0v) is 12.8. The van der Waals surface area contributed by atoms with Gasteiger partial charge in [-0.15, -0.1) is 0 Å². The third-order valence-electron chi connectivity index (χ3n) is 4.06. The number of rotatable bonds is 4. The molecule has 0 aliphatic carbocycles. The number of ether oxygens (including phenoxy) is 3. The monoisotopic (exact) mass is 312 g/mol. The average Bonchev–Trinajstić information content (AvgIpc) is 2.53. The molecule has 1 saturated heterocycles. The Balaban J connectivity index is 1.64. The quantitative estimate of drug-likeness (QED) is 0.924. The van der Waals surface area contributed by atoms with Gasteiger partial charge in [0.25, 0.3) is 0 Å². The smallest absolute Gasteiger partial charge is 0.162 e. The van der Waals surface area contributed by atoms with Crippen LogP contribution in [0.1, 0.15) is 43.8 Å². The number of aliphatic hydroxyl groups is 1. The molecule has 0 bridgehead atoms. The molecule has 5 heteroatoms. The Morgan fingerprint density at radius 2 is 1.90 bits per heavy atom. The van der Waals surface area contributed by atoms with E-state index in [2.05, 4.69) is 0 Å². The van der Waals surface area contributed by atoms with Crippen molar-refractivity contribution in [3.63, 3.8) is 0 Å². The Labute approximate surface area is 130 Å². The topological polar surface area (TPSA) is 47.9 Å². The number of hydrogen-bond acceptors (Lipinski definition) is 4. The van der Waals surface area contributed by atoms with Crippen LogP contribution in [0.3, 0.4) is 0 Å². The second kappa shape index (κ2) is 6.86. The van der Waals surface area contributed by atoms with Crippen LogP contribution in [0.5, 0.6) is 11.5 Å².